The van der Waals surface area contributed by atoms with Crippen LogP contribution in [0, 0.1) is 21.4 Å². The van der Waals surface area contributed by atoms with Gasteiger partial charge in [0.15, 0.2) is 0 Å². The summed E-state index contributed by atoms with van der Waals surface area (Å²) in [5.41, 5.74) is 6.67. The van der Waals surface area contributed by atoms with Gasteiger partial charge in [0.25, 0.3) is 5.69 Å². The fourth-order valence-electron chi connectivity index (χ4n) is 1.82. The van der Waals surface area contributed by atoms with Crippen LogP contribution in [0.3, 0.4) is 0 Å². The third-order valence-electron chi connectivity index (χ3n) is 2.92. The standard InChI is InChI=1S/C13H18N4O2/c1-10(2)16(7-3-6-14)9-11-4-5-13(17(18)19)12(15)8-11/h4-5,8,10H,3,7,9,15H2,1-2H3. The first-order valence-corrected chi connectivity index (χ1v) is 6.09. The molecule has 0 unspecified atom stereocenters. The molecule has 0 atom stereocenters. The average Bonchev–Trinajstić information content (AvgIpc) is 2.33. The quantitative estimate of drug-likeness (QED) is 0.482. The van der Waals surface area contributed by atoms with E-state index in [1.54, 1.807) is 12.1 Å². The largest absolute Gasteiger partial charge is 0.393 e. The highest BCUT2D eigenvalue weighted by Crippen LogP contribution is 2.23. The van der Waals surface area contributed by atoms with E-state index < -0.39 is 4.92 Å². The Kier molecular flexibility index (Phi) is 5.27. The zero-order chi connectivity index (χ0) is 14.4. The molecule has 0 aliphatic rings. The molecule has 0 aliphatic heterocycles. The summed E-state index contributed by atoms with van der Waals surface area (Å²) < 4.78 is 0. The Morgan fingerprint density at radius 3 is 2.68 bits per heavy atom. The highest BCUT2D eigenvalue weighted by Gasteiger charge is 2.14. The van der Waals surface area contributed by atoms with Crippen LogP contribution in [0.4, 0.5) is 11.4 Å². The summed E-state index contributed by atoms with van der Waals surface area (Å²) in [6.45, 7) is 5.39. The first kappa shape index (κ1) is 14.9. The molecule has 1 rings (SSSR count). The fourth-order valence-corrected chi connectivity index (χ4v) is 1.82. The maximum absolute atomic E-state index is 10.7. The van der Waals surface area contributed by atoms with Crippen molar-refractivity contribution in [2.24, 2.45) is 0 Å². The number of nitro benzene ring substituents is 1. The molecule has 0 saturated carbocycles. The van der Waals surface area contributed by atoms with E-state index in [1.165, 1.54) is 6.07 Å². The Balaban J connectivity index is 2.83. The molecular formula is C13H18N4O2. The van der Waals surface area contributed by atoms with Crippen molar-refractivity contribution in [1.82, 2.24) is 4.90 Å². The van der Waals surface area contributed by atoms with Gasteiger partial charge in [-0.2, -0.15) is 5.26 Å². The number of hydrogen-bond donors (Lipinski definition) is 1. The third kappa shape index (κ3) is 4.23. The molecular weight excluding hydrogens is 244 g/mol. The predicted molar refractivity (Wildman–Crippen MR) is 73.3 cm³/mol. The van der Waals surface area contributed by atoms with Crippen molar-refractivity contribution in [1.29, 1.82) is 5.26 Å². The maximum Gasteiger partial charge on any atom is 0.292 e. The summed E-state index contributed by atoms with van der Waals surface area (Å²) in [4.78, 5) is 12.3. The Hall–Kier alpha value is -2.13. The van der Waals surface area contributed by atoms with E-state index in [-0.39, 0.29) is 11.4 Å². The summed E-state index contributed by atoms with van der Waals surface area (Å²) in [6, 6.07) is 7.17. The van der Waals surface area contributed by atoms with E-state index in [2.05, 4.69) is 11.0 Å². The van der Waals surface area contributed by atoms with Crippen LogP contribution in [-0.2, 0) is 6.54 Å². The van der Waals surface area contributed by atoms with E-state index in [4.69, 9.17) is 11.0 Å². The molecule has 102 valence electrons. The second-order valence-electron chi connectivity index (χ2n) is 4.62. The molecule has 1 aromatic rings. The highest BCUT2D eigenvalue weighted by molar-refractivity contribution is 5.59. The van der Waals surface area contributed by atoms with Gasteiger partial charge in [-0.3, -0.25) is 15.0 Å². The molecule has 6 nitrogen and oxygen atoms in total. The molecule has 19 heavy (non-hydrogen) atoms. The topological polar surface area (TPSA) is 96.2 Å². The normalized spacial score (nSPS) is 10.7. The van der Waals surface area contributed by atoms with Crippen molar-refractivity contribution in [3.63, 3.8) is 0 Å². The first-order valence-electron chi connectivity index (χ1n) is 6.09. The van der Waals surface area contributed by atoms with Gasteiger partial charge in [0.05, 0.1) is 11.0 Å². The third-order valence-corrected chi connectivity index (χ3v) is 2.92. The number of hydrogen-bond acceptors (Lipinski definition) is 5. The van der Waals surface area contributed by atoms with Crippen LogP contribution in [0.2, 0.25) is 0 Å². The van der Waals surface area contributed by atoms with Gasteiger partial charge in [-0.1, -0.05) is 6.07 Å². The van der Waals surface area contributed by atoms with Crippen LogP contribution in [0.5, 0.6) is 0 Å². The van der Waals surface area contributed by atoms with Gasteiger partial charge >= 0.3 is 0 Å². The van der Waals surface area contributed by atoms with Crippen molar-refractivity contribution in [3.05, 3.63) is 33.9 Å². The number of anilines is 1. The number of nitrogens with zero attached hydrogens (tertiary/aromatic N) is 3. The van der Waals surface area contributed by atoms with Crippen LogP contribution in [-0.4, -0.2) is 22.4 Å². The fraction of sp³-hybridized carbons (Fsp3) is 0.462. The van der Waals surface area contributed by atoms with Crippen molar-refractivity contribution in [3.8, 4) is 6.07 Å². The number of benzene rings is 1. The van der Waals surface area contributed by atoms with Gasteiger partial charge in [-0.05, 0) is 25.5 Å². The number of rotatable bonds is 6. The predicted octanol–water partition coefficient (Wildman–Crippen LogP) is 2.30. The van der Waals surface area contributed by atoms with Crippen LogP contribution < -0.4 is 5.73 Å². The zero-order valence-electron chi connectivity index (χ0n) is 11.2. The number of nitrogen functional groups attached to an aromatic ring is 1. The van der Waals surface area contributed by atoms with Crippen molar-refractivity contribution in [2.45, 2.75) is 32.9 Å². The summed E-state index contributed by atoms with van der Waals surface area (Å²) in [5.74, 6) is 0. The number of nitro groups is 1. The molecule has 0 amide bonds. The van der Waals surface area contributed by atoms with Gasteiger partial charge in [0, 0.05) is 31.6 Å². The van der Waals surface area contributed by atoms with Crippen LogP contribution in [0.1, 0.15) is 25.8 Å². The molecule has 0 bridgehead atoms. The molecule has 0 aliphatic carbocycles. The highest BCUT2D eigenvalue weighted by atomic mass is 16.6. The lowest BCUT2D eigenvalue weighted by molar-refractivity contribution is -0.383. The Morgan fingerprint density at radius 2 is 2.21 bits per heavy atom. The van der Waals surface area contributed by atoms with E-state index >= 15 is 0 Å². The molecule has 0 heterocycles. The summed E-state index contributed by atoms with van der Waals surface area (Å²) in [7, 11) is 0. The van der Waals surface area contributed by atoms with Gasteiger partial charge in [-0.15, -0.1) is 0 Å². The van der Waals surface area contributed by atoms with Crippen molar-refractivity contribution in [2.75, 3.05) is 12.3 Å². The molecule has 1 aromatic carbocycles. The number of nitriles is 1. The van der Waals surface area contributed by atoms with Gasteiger partial charge in [-0.25, -0.2) is 0 Å². The molecule has 6 heteroatoms. The Labute approximate surface area is 112 Å². The van der Waals surface area contributed by atoms with E-state index in [0.717, 1.165) is 5.56 Å². The van der Waals surface area contributed by atoms with Crippen LogP contribution in [0.15, 0.2) is 18.2 Å². The number of nitrogens with two attached hydrogens (primary N) is 1. The molecule has 0 spiro atoms. The molecule has 2 N–H and O–H groups in total. The van der Waals surface area contributed by atoms with Crippen LogP contribution in [0.25, 0.3) is 0 Å². The monoisotopic (exact) mass is 262 g/mol. The summed E-state index contributed by atoms with van der Waals surface area (Å²) in [5, 5.41) is 19.3. The first-order chi connectivity index (χ1) is 8.95. The van der Waals surface area contributed by atoms with Gasteiger partial charge in [0.1, 0.15) is 5.69 Å². The summed E-state index contributed by atoms with van der Waals surface area (Å²) in [6.07, 6.45) is 0.459. The molecule has 0 radical (unpaired) electrons. The SMILES string of the molecule is CC(C)N(CCC#N)Cc1ccc([N+](=O)[O-])c(N)c1. The molecule has 0 saturated heterocycles. The van der Waals surface area contributed by atoms with Gasteiger partial charge < -0.3 is 5.73 Å². The lowest BCUT2D eigenvalue weighted by Crippen LogP contribution is -2.31. The van der Waals surface area contributed by atoms with E-state index in [1.807, 2.05) is 13.8 Å². The molecule has 0 fully saturated rings. The van der Waals surface area contributed by atoms with E-state index in [0.29, 0.717) is 25.6 Å². The Morgan fingerprint density at radius 1 is 1.53 bits per heavy atom. The van der Waals surface area contributed by atoms with Crippen molar-refractivity contribution < 1.29 is 4.92 Å². The second kappa shape index (κ2) is 6.71. The summed E-state index contributed by atoms with van der Waals surface area (Å²) >= 11 is 0. The lowest BCUT2D eigenvalue weighted by atomic mass is 10.1. The smallest absolute Gasteiger partial charge is 0.292 e. The second-order valence-corrected chi connectivity index (χ2v) is 4.62. The van der Waals surface area contributed by atoms with Gasteiger partial charge in [0.2, 0.25) is 0 Å². The minimum absolute atomic E-state index is 0.0723. The van der Waals surface area contributed by atoms with E-state index in [9.17, 15) is 10.1 Å². The minimum atomic E-state index is -0.491. The Bertz CT molecular complexity index is 494. The lowest BCUT2D eigenvalue weighted by Gasteiger charge is -2.25. The molecule has 0 aromatic heterocycles. The zero-order valence-corrected chi connectivity index (χ0v) is 11.2. The maximum atomic E-state index is 10.7. The van der Waals surface area contributed by atoms with Crippen LogP contribution >= 0.6 is 0 Å². The average molecular weight is 262 g/mol. The minimum Gasteiger partial charge on any atom is -0.393 e. The van der Waals surface area contributed by atoms with Crippen molar-refractivity contribution >= 4 is 11.4 Å².